The maximum atomic E-state index is 13.0. The van der Waals surface area contributed by atoms with Crippen LogP contribution in [0.5, 0.6) is 11.5 Å². The van der Waals surface area contributed by atoms with Crippen molar-refractivity contribution in [2.75, 3.05) is 0 Å². The lowest BCUT2D eigenvalue weighted by Crippen LogP contribution is -2.06. The predicted molar refractivity (Wildman–Crippen MR) is 104 cm³/mol. The normalized spacial score (nSPS) is 14.3. The third-order valence-corrected chi connectivity index (χ3v) is 5.19. The summed E-state index contributed by atoms with van der Waals surface area (Å²) in [6, 6.07) is 11.5. The minimum Gasteiger partial charge on any atom is -0.504 e. The van der Waals surface area contributed by atoms with Crippen molar-refractivity contribution in [1.82, 2.24) is 9.78 Å². The third kappa shape index (κ3) is 3.60. The van der Waals surface area contributed by atoms with E-state index in [0.717, 1.165) is 35.6 Å². The first-order valence-electron chi connectivity index (χ1n) is 9.20. The topological polar surface area (TPSA) is 58.3 Å². The van der Waals surface area contributed by atoms with Crippen molar-refractivity contribution in [3.8, 4) is 22.8 Å². The Hall–Kier alpha value is -3.22. The average Bonchev–Trinajstić information content (AvgIpc) is 2.94. The molecule has 1 heterocycles. The number of hydrogen-bond donors (Lipinski definition) is 2. The molecular weight excluding hydrogens is 381 g/mol. The molecule has 2 aromatic carbocycles. The maximum Gasteiger partial charge on any atom is 0.435 e. The van der Waals surface area contributed by atoms with Crippen LogP contribution in [0, 0.1) is 0 Å². The maximum absolute atomic E-state index is 13.0. The van der Waals surface area contributed by atoms with Crippen molar-refractivity contribution < 1.29 is 23.4 Å². The molecular formula is C22H19F3N2O2. The Morgan fingerprint density at radius 2 is 1.83 bits per heavy atom. The van der Waals surface area contributed by atoms with Crippen LogP contribution in [0.4, 0.5) is 13.2 Å². The minimum absolute atomic E-state index is 0.167. The number of halogens is 3. The number of aryl methyl sites for hydroxylation is 2. The zero-order valence-electron chi connectivity index (χ0n) is 15.7. The summed E-state index contributed by atoms with van der Waals surface area (Å²) in [6.45, 7) is 0. The molecule has 0 saturated carbocycles. The summed E-state index contributed by atoms with van der Waals surface area (Å²) < 4.78 is 40.2. The van der Waals surface area contributed by atoms with Crippen LogP contribution < -0.4 is 0 Å². The van der Waals surface area contributed by atoms with E-state index in [4.69, 9.17) is 0 Å². The SMILES string of the molecule is Cn1nc(C(F)(F)F)cc1-c1ccc2c(c1)C=C(c1cccc(O)c1O)CCC2. The van der Waals surface area contributed by atoms with Crippen LogP contribution in [-0.4, -0.2) is 20.0 Å². The Morgan fingerprint density at radius 1 is 1.03 bits per heavy atom. The van der Waals surface area contributed by atoms with E-state index < -0.39 is 11.9 Å². The van der Waals surface area contributed by atoms with Gasteiger partial charge < -0.3 is 10.2 Å². The van der Waals surface area contributed by atoms with Gasteiger partial charge in [-0.25, -0.2) is 0 Å². The van der Waals surface area contributed by atoms with Gasteiger partial charge in [0, 0.05) is 18.2 Å². The highest BCUT2D eigenvalue weighted by atomic mass is 19.4. The molecule has 3 aromatic rings. The molecule has 1 aromatic heterocycles. The number of phenols is 2. The van der Waals surface area contributed by atoms with Crippen molar-refractivity contribution in [2.45, 2.75) is 25.4 Å². The predicted octanol–water partition coefficient (Wildman–Crippen LogP) is 5.39. The number of benzene rings is 2. The summed E-state index contributed by atoms with van der Waals surface area (Å²) in [7, 11) is 1.49. The number of nitrogens with zero attached hydrogens (tertiary/aromatic N) is 2. The number of hydrogen-bond acceptors (Lipinski definition) is 3. The van der Waals surface area contributed by atoms with Gasteiger partial charge in [0.25, 0.3) is 0 Å². The molecule has 0 bridgehead atoms. The third-order valence-electron chi connectivity index (χ3n) is 5.19. The average molecular weight is 400 g/mol. The zero-order chi connectivity index (χ0) is 20.8. The second-order valence-corrected chi connectivity index (χ2v) is 7.15. The lowest BCUT2D eigenvalue weighted by atomic mass is 9.98. The summed E-state index contributed by atoms with van der Waals surface area (Å²) in [5, 5.41) is 23.6. The second kappa shape index (κ2) is 6.99. The summed E-state index contributed by atoms with van der Waals surface area (Å²) in [5.74, 6) is -0.351. The summed E-state index contributed by atoms with van der Waals surface area (Å²) in [5.41, 5.74) is 3.48. The van der Waals surface area contributed by atoms with Gasteiger partial charge in [-0.1, -0.05) is 30.3 Å². The van der Waals surface area contributed by atoms with Gasteiger partial charge in [-0.15, -0.1) is 0 Å². The zero-order valence-corrected chi connectivity index (χ0v) is 15.7. The van der Waals surface area contributed by atoms with Crippen LogP contribution in [0.15, 0.2) is 42.5 Å². The van der Waals surface area contributed by atoms with E-state index in [1.54, 1.807) is 18.2 Å². The number of alkyl halides is 3. The molecule has 1 aliphatic carbocycles. The smallest absolute Gasteiger partial charge is 0.435 e. The number of para-hydroxylation sites is 1. The fourth-order valence-corrected chi connectivity index (χ4v) is 3.72. The number of fused-ring (bicyclic) bond motifs is 1. The second-order valence-electron chi connectivity index (χ2n) is 7.15. The van der Waals surface area contributed by atoms with Gasteiger partial charge in [-0.2, -0.15) is 18.3 Å². The largest absolute Gasteiger partial charge is 0.504 e. The molecule has 0 fully saturated rings. The number of rotatable bonds is 2. The van der Waals surface area contributed by atoms with E-state index >= 15 is 0 Å². The molecule has 0 saturated heterocycles. The van der Waals surface area contributed by atoms with Crippen molar-refractivity contribution in [1.29, 1.82) is 0 Å². The van der Waals surface area contributed by atoms with Crippen LogP contribution >= 0.6 is 0 Å². The van der Waals surface area contributed by atoms with Gasteiger partial charge in [-0.05, 0) is 54.2 Å². The highest BCUT2D eigenvalue weighted by molar-refractivity contribution is 5.87. The molecule has 0 aliphatic heterocycles. The minimum atomic E-state index is -4.50. The molecule has 7 heteroatoms. The fourth-order valence-electron chi connectivity index (χ4n) is 3.72. The molecule has 0 spiro atoms. The van der Waals surface area contributed by atoms with Crippen LogP contribution in [0.3, 0.4) is 0 Å². The number of allylic oxidation sites excluding steroid dienone is 1. The summed E-state index contributed by atoms with van der Waals surface area (Å²) >= 11 is 0. The van der Waals surface area contributed by atoms with Crippen LogP contribution in [0.25, 0.3) is 22.9 Å². The van der Waals surface area contributed by atoms with Gasteiger partial charge in [0.05, 0.1) is 5.69 Å². The van der Waals surface area contributed by atoms with E-state index in [2.05, 4.69) is 5.10 Å². The molecule has 150 valence electrons. The van der Waals surface area contributed by atoms with Crippen LogP contribution in [-0.2, 0) is 19.6 Å². The van der Waals surface area contributed by atoms with Crippen LogP contribution in [0.2, 0.25) is 0 Å². The Morgan fingerprint density at radius 3 is 2.55 bits per heavy atom. The van der Waals surface area contributed by atoms with E-state index in [-0.39, 0.29) is 11.5 Å². The molecule has 4 nitrogen and oxygen atoms in total. The molecule has 0 amide bonds. The summed E-state index contributed by atoms with van der Waals surface area (Å²) in [4.78, 5) is 0. The van der Waals surface area contributed by atoms with Gasteiger partial charge in [-0.3, -0.25) is 4.68 Å². The van der Waals surface area contributed by atoms with Crippen molar-refractivity contribution in [3.63, 3.8) is 0 Å². The summed E-state index contributed by atoms with van der Waals surface area (Å²) in [6.07, 6.45) is -0.181. The number of aromatic hydroxyl groups is 2. The standard InChI is InChI=1S/C22H19F3N2O2/c1-27-18(12-20(26-27)22(23,24)25)15-9-8-13-4-2-5-14(10-16(13)11-15)17-6-3-7-19(28)21(17)29/h3,6-12,28-29H,2,4-5H2,1H3. The highest BCUT2D eigenvalue weighted by Crippen LogP contribution is 2.39. The first-order valence-corrected chi connectivity index (χ1v) is 9.20. The molecule has 1 aliphatic rings. The van der Waals surface area contributed by atoms with Gasteiger partial charge >= 0.3 is 6.18 Å². The van der Waals surface area contributed by atoms with E-state index in [0.29, 0.717) is 23.2 Å². The molecule has 0 unspecified atom stereocenters. The van der Waals surface area contributed by atoms with Crippen molar-refractivity contribution >= 4 is 11.6 Å². The first-order chi connectivity index (χ1) is 13.7. The quantitative estimate of drug-likeness (QED) is 0.567. The lowest BCUT2D eigenvalue weighted by molar-refractivity contribution is -0.141. The van der Waals surface area contributed by atoms with Gasteiger partial charge in [0.2, 0.25) is 0 Å². The van der Waals surface area contributed by atoms with Crippen molar-refractivity contribution in [2.24, 2.45) is 7.05 Å². The van der Waals surface area contributed by atoms with E-state index in [1.165, 1.54) is 17.8 Å². The Balaban J connectivity index is 1.80. The molecule has 2 N–H and O–H groups in total. The Labute approximate surface area is 165 Å². The highest BCUT2D eigenvalue weighted by Gasteiger charge is 2.34. The first kappa shape index (κ1) is 19.1. The van der Waals surface area contributed by atoms with Crippen LogP contribution in [0.1, 0.15) is 35.2 Å². The molecule has 0 radical (unpaired) electrons. The lowest BCUT2D eigenvalue weighted by Gasteiger charge is -2.10. The molecule has 29 heavy (non-hydrogen) atoms. The monoisotopic (exact) mass is 400 g/mol. The number of aromatic nitrogens is 2. The van der Waals surface area contributed by atoms with E-state index in [9.17, 15) is 23.4 Å². The Kier molecular flexibility index (Phi) is 4.61. The number of phenolic OH excluding ortho intramolecular Hbond substituents is 2. The fraction of sp³-hybridized carbons (Fsp3) is 0.227. The van der Waals surface area contributed by atoms with Crippen molar-refractivity contribution in [3.05, 3.63) is 64.8 Å². The van der Waals surface area contributed by atoms with Gasteiger partial charge in [0.15, 0.2) is 17.2 Å². The van der Waals surface area contributed by atoms with Gasteiger partial charge in [0.1, 0.15) is 0 Å². The van der Waals surface area contributed by atoms with E-state index in [1.807, 2.05) is 18.2 Å². The molecule has 4 rings (SSSR count). The molecule has 0 atom stereocenters. The Bertz CT molecular complexity index is 1110.